The second-order valence-electron chi connectivity index (χ2n) is 4.98. The summed E-state index contributed by atoms with van der Waals surface area (Å²) >= 11 is 2.74. The van der Waals surface area contributed by atoms with Crippen LogP contribution in [-0.4, -0.2) is 64.6 Å². The first kappa shape index (κ1) is 16.7. The standard InChI is InChI=1S/C14H14N4O4S2/c1-22-8-2-12(19)18(4-8)14(21)10-6-24-11(17-10)3-15-13(20)9-5-23-7-16-9/h2,5,7,10H,3-4,6H2,1H3,(H,15,20)/t10-/m1/s1. The zero-order chi connectivity index (χ0) is 17.1. The first-order valence-corrected chi connectivity index (χ1v) is 8.97. The van der Waals surface area contributed by atoms with Crippen molar-refractivity contribution in [1.29, 1.82) is 0 Å². The predicted molar refractivity (Wildman–Crippen MR) is 89.9 cm³/mol. The summed E-state index contributed by atoms with van der Waals surface area (Å²) in [5.74, 6) is -0.108. The SMILES string of the molecule is COC1=CC(=O)N(C(=O)[C@H]2CSC(CNC(=O)c3cscn3)=N2)C1. The van der Waals surface area contributed by atoms with E-state index in [2.05, 4.69) is 15.3 Å². The van der Waals surface area contributed by atoms with Crippen LogP contribution in [0.3, 0.4) is 0 Å². The number of methoxy groups -OCH3 is 1. The molecule has 0 unspecified atom stereocenters. The van der Waals surface area contributed by atoms with Gasteiger partial charge in [-0.3, -0.25) is 24.3 Å². The van der Waals surface area contributed by atoms with E-state index in [1.54, 1.807) is 10.9 Å². The average Bonchev–Trinajstić information content (AvgIpc) is 3.32. The molecule has 1 aromatic rings. The molecule has 3 rings (SSSR count). The first-order chi connectivity index (χ1) is 11.6. The van der Waals surface area contributed by atoms with Crippen LogP contribution < -0.4 is 5.32 Å². The molecular weight excluding hydrogens is 352 g/mol. The fraction of sp³-hybridized carbons (Fsp3) is 0.357. The average molecular weight is 366 g/mol. The van der Waals surface area contributed by atoms with Crippen molar-refractivity contribution in [2.75, 3.05) is 26.0 Å². The van der Waals surface area contributed by atoms with Gasteiger partial charge in [-0.05, 0) is 0 Å². The molecule has 0 bridgehead atoms. The summed E-state index contributed by atoms with van der Waals surface area (Å²) in [4.78, 5) is 45.4. The van der Waals surface area contributed by atoms with Gasteiger partial charge < -0.3 is 10.1 Å². The summed E-state index contributed by atoms with van der Waals surface area (Å²) in [6, 6.07) is -0.616. The van der Waals surface area contributed by atoms with E-state index in [4.69, 9.17) is 4.74 Å². The molecule has 8 nitrogen and oxygen atoms in total. The zero-order valence-corrected chi connectivity index (χ0v) is 14.4. The van der Waals surface area contributed by atoms with Gasteiger partial charge >= 0.3 is 0 Å². The third kappa shape index (κ3) is 3.49. The van der Waals surface area contributed by atoms with E-state index in [0.717, 1.165) is 4.90 Å². The number of amides is 3. The molecule has 0 aliphatic carbocycles. The molecule has 126 valence electrons. The van der Waals surface area contributed by atoms with Crippen molar-refractivity contribution in [1.82, 2.24) is 15.2 Å². The number of hydrogen-bond donors (Lipinski definition) is 1. The van der Waals surface area contributed by atoms with Crippen molar-refractivity contribution in [3.8, 4) is 0 Å². The van der Waals surface area contributed by atoms with Crippen molar-refractivity contribution < 1.29 is 19.1 Å². The van der Waals surface area contributed by atoms with E-state index >= 15 is 0 Å². The van der Waals surface area contributed by atoms with Crippen molar-refractivity contribution in [3.63, 3.8) is 0 Å². The van der Waals surface area contributed by atoms with Crippen molar-refractivity contribution in [3.05, 3.63) is 28.4 Å². The fourth-order valence-corrected chi connectivity index (χ4v) is 3.68. The van der Waals surface area contributed by atoms with Crippen LogP contribution in [0.15, 0.2) is 27.7 Å². The van der Waals surface area contributed by atoms with E-state index in [9.17, 15) is 14.4 Å². The summed E-state index contributed by atoms with van der Waals surface area (Å²) < 4.78 is 5.00. The second kappa shape index (κ2) is 7.14. The van der Waals surface area contributed by atoms with E-state index < -0.39 is 6.04 Å². The number of carbonyl (C=O) groups is 3. The second-order valence-corrected chi connectivity index (χ2v) is 6.80. The summed E-state index contributed by atoms with van der Waals surface area (Å²) in [5.41, 5.74) is 1.94. The van der Waals surface area contributed by atoms with Crippen molar-refractivity contribution in [2.45, 2.75) is 6.04 Å². The molecule has 1 atom stereocenters. The predicted octanol–water partition coefficient (Wildman–Crippen LogP) is 0.286. The molecule has 1 aromatic heterocycles. The maximum Gasteiger partial charge on any atom is 0.271 e. The third-order valence-corrected chi connectivity index (χ3v) is 5.10. The van der Waals surface area contributed by atoms with Crippen LogP contribution in [0.4, 0.5) is 0 Å². The highest BCUT2D eigenvalue weighted by molar-refractivity contribution is 8.14. The number of thiazole rings is 1. The minimum atomic E-state index is -0.616. The smallest absolute Gasteiger partial charge is 0.271 e. The summed E-state index contributed by atoms with van der Waals surface area (Å²) in [7, 11) is 1.46. The molecular formula is C14H14N4O4S2. The van der Waals surface area contributed by atoms with Gasteiger partial charge in [-0.2, -0.15) is 0 Å². The number of nitrogens with one attached hydrogen (secondary N) is 1. The van der Waals surface area contributed by atoms with Gasteiger partial charge in [0, 0.05) is 17.2 Å². The molecule has 3 amide bonds. The molecule has 3 heterocycles. The number of aliphatic imine (C=N–C) groups is 1. The number of nitrogens with zero attached hydrogens (tertiary/aromatic N) is 3. The van der Waals surface area contributed by atoms with Crippen LogP contribution >= 0.6 is 23.1 Å². The lowest BCUT2D eigenvalue weighted by Gasteiger charge is -2.16. The lowest BCUT2D eigenvalue weighted by Crippen LogP contribution is -2.40. The van der Waals surface area contributed by atoms with Gasteiger partial charge in [0.1, 0.15) is 17.5 Å². The van der Waals surface area contributed by atoms with Gasteiger partial charge in [-0.1, -0.05) is 0 Å². The van der Waals surface area contributed by atoms with E-state index in [1.165, 1.54) is 36.3 Å². The van der Waals surface area contributed by atoms with Gasteiger partial charge in [0.15, 0.2) is 0 Å². The Bertz CT molecular complexity index is 729. The topological polar surface area (TPSA) is 101 Å². The first-order valence-electron chi connectivity index (χ1n) is 7.04. The lowest BCUT2D eigenvalue weighted by molar-refractivity contribution is -0.141. The van der Waals surface area contributed by atoms with Gasteiger partial charge in [-0.25, -0.2) is 4.98 Å². The monoisotopic (exact) mass is 366 g/mol. The van der Waals surface area contributed by atoms with Crippen molar-refractivity contribution in [2.24, 2.45) is 4.99 Å². The molecule has 0 saturated carbocycles. The lowest BCUT2D eigenvalue weighted by atomic mass is 10.3. The van der Waals surface area contributed by atoms with E-state index in [1.807, 2.05) is 0 Å². The molecule has 0 spiro atoms. The molecule has 10 heteroatoms. The van der Waals surface area contributed by atoms with Gasteiger partial charge in [0.05, 0.1) is 30.8 Å². The van der Waals surface area contributed by atoms with Gasteiger partial charge in [0.25, 0.3) is 17.7 Å². The highest BCUT2D eigenvalue weighted by Gasteiger charge is 2.35. The quantitative estimate of drug-likeness (QED) is 0.752. The minimum Gasteiger partial charge on any atom is -0.499 e. The number of rotatable bonds is 5. The number of thioether (sulfide) groups is 1. The molecule has 0 fully saturated rings. The molecule has 0 radical (unpaired) electrons. The molecule has 2 aliphatic rings. The summed E-state index contributed by atoms with van der Waals surface area (Å²) in [6.45, 7) is 0.376. The Morgan fingerprint density at radius 3 is 3.00 bits per heavy atom. The highest BCUT2D eigenvalue weighted by atomic mass is 32.2. The number of imide groups is 1. The van der Waals surface area contributed by atoms with Crippen LogP contribution in [0.1, 0.15) is 10.5 Å². The molecule has 0 aromatic carbocycles. The third-order valence-electron chi connectivity index (χ3n) is 3.45. The number of aromatic nitrogens is 1. The normalized spacial score (nSPS) is 20.0. The Hall–Kier alpha value is -2.20. The molecule has 2 aliphatic heterocycles. The molecule has 1 N–H and O–H groups in total. The van der Waals surface area contributed by atoms with Crippen LogP contribution in [0.25, 0.3) is 0 Å². The molecule has 24 heavy (non-hydrogen) atoms. The van der Waals surface area contributed by atoms with Crippen LogP contribution in [-0.2, 0) is 14.3 Å². The zero-order valence-electron chi connectivity index (χ0n) is 12.7. The highest BCUT2D eigenvalue weighted by Crippen LogP contribution is 2.22. The van der Waals surface area contributed by atoms with E-state index in [0.29, 0.717) is 22.2 Å². The maximum absolute atomic E-state index is 12.4. The Morgan fingerprint density at radius 1 is 1.50 bits per heavy atom. The Balaban J connectivity index is 1.55. The summed E-state index contributed by atoms with van der Waals surface area (Å²) in [6.07, 6.45) is 1.30. The van der Waals surface area contributed by atoms with Crippen molar-refractivity contribution >= 4 is 45.9 Å². The van der Waals surface area contributed by atoms with Crippen LogP contribution in [0, 0.1) is 0 Å². The largest absolute Gasteiger partial charge is 0.499 e. The number of carbonyl (C=O) groups excluding carboxylic acids is 3. The Kier molecular flexibility index (Phi) is 4.95. The number of ether oxygens (including phenoxy) is 1. The fourth-order valence-electron chi connectivity index (χ4n) is 2.20. The number of hydrogen-bond acceptors (Lipinski definition) is 8. The Labute approximate surface area is 146 Å². The summed E-state index contributed by atoms with van der Waals surface area (Å²) in [5, 5.41) is 5.03. The Morgan fingerprint density at radius 2 is 2.33 bits per heavy atom. The van der Waals surface area contributed by atoms with Gasteiger partial charge in [-0.15, -0.1) is 23.1 Å². The van der Waals surface area contributed by atoms with Gasteiger partial charge in [0.2, 0.25) is 0 Å². The maximum atomic E-state index is 12.4. The van der Waals surface area contributed by atoms with Crippen LogP contribution in [0.5, 0.6) is 0 Å². The van der Waals surface area contributed by atoms with Crippen LogP contribution in [0.2, 0.25) is 0 Å². The van der Waals surface area contributed by atoms with E-state index in [-0.39, 0.29) is 30.8 Å². The molecule has 0 saturated heterocycles. The minimum absolute atomic E-state index is 0.140.